The fourth-order valence-corrected chi connectivity index (χ4v) is 2.07. The maximum absolute atomic E-state index is 11.9. The van der Waals surface area contributed by atoms with Crippen LogP contribution < -0.4 is 10.1 Å². The van der Waals surface area contributed by atoms with Crippen LogP contribution in [0.5, 0.6) is 11.5 Å². The van der Waals surface area contributed by atoms with Crippen LogP contribution in [-0.4, -0.2) is 16.7 Å². The van der Waals surface area contributed by atoms with Gasteiger partial charge in [-0.3, -0.25) is 4.98 Å². The average Bonchev–Trinajstić information content (AvgIpc) is 2.48. The first-order chi connectivity index (χ1) is 11.2. The first-order valence-electron chi connectivity index (χ1n) is 7.93. The SMILES string of the molecule is Cc1ccc(Oc2cccc(C(C)NC(=O)OC(C)(C)C)c2)cn1. The Balaban J connectivity index is 2.03. The Hall–Kier alpha value is -2.56. The van der Waals surface area contributed by atoms with Crippen molar-refractivity contribution in [3.63, 3.8) is 0 Å². The van der Waals surface area contributed by atoms with E-state index in [2.05, 4.69) is 10.3 Å². The lowest BCUT2D eigenvalue weighted by Gasteiger charge is -2.22. The molecule has 5 nitrogen and oxygen atoms in total. The topological polar surface area (TPSA) is 60.5 Å². The summed E-state index contributed by atoms with van der Waals surface area (Å²) in [5.74, 6) is 1.36. The van der Waals surface area contributed by atoms with Gasteiger partial charge < -0.3 is 14.8 Å². The Morgan fingerprint density at radius 3 is 2.54 bits per heavy atom. The molecule has 0 saturated heterocycles. The largest absolute Gasteiger partial charge is 0.456 e. The van der Waals surface area contributed by atoms with Gasteiger partial charge >= 0.3 is 6.09 Å². The minimum atomic E-state index is -0.521. The fourth-order valence-electron chi connectivity index (χ4n) is 2.07. The van der Waals surface area contributed by atoms with Crippen LogP contribution in [0, 0.1) is 6.92 Å². The molecule has 0 spiro atoms. The first-order valence-corrected chi connectivity index (χ1v) is 7.93. The molecule has 0 radical (unpaired) electrons. The molecule has 2 aromatic rings. The average molecular weight is 328 g/mol. The minimum Gasteiger partial charge on any atom is -0.456 e. The number of aromatic nitrogens is 1. The van der Waals surface area contributed by atoms with Crippen molar-refractivity contribution in [2.24, 2.45) is 0 Å². The zero-order chi connectivity index (χ0) is 17.7. The summed E-state index contributed by atoms with van der Waals surface area (Å²) in [7, 11) is 0. The van der Waals surface area contributed by atoms with E-state index in [0.717, 1.165) is 11.3 Å². The summed E-state index contributed by atoms with van der Waals surface area (Å²) < 4.78 is 11.1. The molecule has 24 heavy (non-hydrogen) atoms. The molecule has 1 aromatic heterocycles. The minimum absolute atomic E-state index is 0.195. The Morgan fingerprint density at radius 1 is 1.17 bits per heavy atom. The summed E-state index contributed by atoms with van der Waals surface area (Å²) in [5.41, 5.74) is 1.34. The Bertz CT molecular complexity index is 691. The third-order valence-corrected chi connectivity index (χ3v) is 3.21. The summed E-state index contributed by atoms with van der Waals surface area (Å²) in [6.07, 6.45) is 1.24. The van der Waals surface area contributed by atoms with E-state index < -0.39 is 11.7 Å². The fraction of sp³-hybridized carbons (Fsp3) is 0.368. The molecule has 1 aromatic carbocycles. The molecule has 0 saturated carbocycles. The van der Waals surface area contributed by atoms with Gasteiger partial charge in [-0.25, -0.2) is 4.79 Å². The van der Waals surface area contributed by atoms with Crippen LogP contribution in [0.2, 0.25) is 0 Å². The Morgan fingerprint density at radius 2 is 1.92 bits per heavy atom. The van der Waals surface area contributed by atoms with Gasteiger partial charge in [0.1, 0.15) is 17.1 Å². The van der Waals surface area contributed by atoms with Crippen LogP contribution >= 0.6 is 0 Å². The normalized spacial score (nSPS) is 12.4. The van der Waals surface area contributed by atoms with Crippen molar-refractivity contribution in [1.29, 1.82) is 0 Å². The van der Waals surface area contributed by atoms with Crippen molar-refractivity contribution in [1.82, 2.24) is 10.3 Å². The third kappa shape index (κ3) is 5.57. The highest BCUT2D eigenvalue weighted by molar-refractivity contribution is 5.68. The van der Waals surface area contributed by atoms with Gasteiger partial charge in [0.05, 0.1) is 12.2 Å². The molecule has 2 rings (SSSR count). The van der Waals surface area contributed by atoms with Crippen LogP contribution in [0.1, 0.15) is 45.0 Å². The van der Waals surface area contributed by atoms with Gasteiger partial charge in [-0.15, -0.1) is 0 Å². The van der Waals surface area contributed by atoms with E-state index in [-0.39, 0.29) is 6.04 Å². The predicted octanol–water partition coefficient (Wildman–Crippen LogP) is 4.77. The number of carbonyl (C=O) groups is 1. The molecule has 0 fully saturated rings. The number of hydrogen-bond donors (Lipinski definition) is 1. The molecular weight excluding hydrogens is 304 g/mol. The molecule has 1 N–H and O–H groups in total. The maximum Gasteiger partial charge on any atom is 0.408 e. The van der Waals surface area contributed by atoms with E-state index in [1.165, 1.54) is 0 Å². The third-order valence-electron chi connectivity index (χ3n) is 3.21. The smallest absolute Gasteiger partial charge is 0.408 e. The second-order valence-corrected chi connectivity index (χ2v) is 6.68. The number of nitrogens with one attached hydrogen (secondary N) is 1. The second-order valence-electron chi connectivity index (χ2n) is 6.68. The Kier molecular flexibility index (Phi) is 5.44. The summed E-state index contributed by atoms with van der Waals surface area (Å²) >= 11 is 0. The molecular formula is C19H24N2O3. The van der Waals surface area contributed by atoms with Crippen LogP contribution in [0.15, 0.2) is 42.6 Å². The summed E-state index contributed by atoms with van der Waals surface area (Å²) in [6.45, 7) is 9.33. The lowest BCUT2D eigenvalue weighted by atomic mass is 10.1. The maximum atomic E-state index is 11.9. The van der Waals surface area contributed by atoms with E-state index in [1.807, 2.05) is 71.0 Å². The molecule has 5 heteroatoms. The molecule has 1 atom stereocenters. The highest BCUT2D eigenvalue weighted by Gasteiger charge is 2.18. The zero-order valence-electron chi connectivity index (χ0n) is 14.8. The Labute approximate surface area is 143 Å². The van der Waals surface area contributed by atoms with Gasteiger partial charge in [0, 0.05) is 5.69 Å². The van der Waals surface area contributed by atoms with Crippen LogP contribution in [-0.2, 0) is 4.74 Å². The van der Waals surface area contributed by atoms with Gasteiger partial charge in [-0.05, 0) is 64.4 Å². The van der Waals surface area contributed by atoms with Crippen LogP contribution in [0.4, 0.5) is 4.79 Å². The van der Waals surface area contributed by atoms with E-state index >= 15 is 0 Å². The van der Waals surface area contributed by atoms with Crippen molar-refractivity contribution in [3.05, 3.63) is 53.9 Å². The van der Waals surface area contributed by atoms with Crippen molar-refractivity contribution < 1.29 is 14.3 Å². The molecule has 0 bridgehead atoms. The molecule has 0 aliphatic rings. The summed E-state index contributed by atoms with van der Waals surface area (Å²) in [4.78, 5) is 16.1. The number of nitrogens with zero attached hydrogens (tertiary/aromatic N) is 1. The lowest BCUT2D eigenvalue weighted by molar-refractivity contribution is 0.0508. The number of hydrogen-bond acceptors (Lipinski definition) is 4. The zero-order valence-corrected chi connectivity index (χ0v) is 14.8. The van der Waals surface area contributed by atoms with E-state index in [9.17, 15) is 4.79 Å². The molecule has 128 valence electrons. The number of alkyl carbamates (subject to hydrolysis) is 1. The number of benzene rings is 1. The highest BCUT2D eigenvalue weighted by atomic mass is 16.6. The summed E-state index contributed by atoms with van der Waals surface area (Å²) in [6, 6.07) is 11.1. The van der Waals surface area contributed by atoms with E-state index in [0.29, 0.717) is 11.5 Å². The number of carbonyl (C=O) groups excluding carboxylic acids is 1. The first kappa shape index (κ1) is 17.8. The number of amides is 1. The quantitative estimate of drug-likeness (QED) is 0.878. The van der Waals surface area contributed by atoms with Crippen molar-refractivity contribution in [2.75, 3.05) is 0 Å². The summed E-state index contributed by atoms with van der Waals surface area (Å²) in [5, 5.41) is 2.82. The second kappa shape index (κ2) is 7.34. The van der Waals surface area contributed by atoms with E-state index in [1.54, 1.807) is 6.20 Å². The monoisotopic (exact) mass is 328 g/mol. The predicted molar refractivity (Wildman–Crippen MR) is 93.3 cm³/mol. The van der Waals surface area contributed by atoms with Crippen LogP contribution in [0.3, 0.4) is 0 Å². The van der Waals surface area contributed by atoms with E-state index in [4.69, 9.17) is 9.47 Å². The van der Waals surface area contributed by atoms with Crippen LogP contribution in [0.25, 0.3) is 0 Å². The molecule has 1 unspecified atom stereocenters. The number of ether oxygens (including phenoxy) is 2. The van der Waals surface area contributed by atoms with Gasteiger partial charge in [0.25, 0.3) is 0 Å². The number of pyridine rings is 1. The highest BCUT2D eigenvalue weighted by Crippen LogP contribution is 2.24. The van der Waals surface area contributed by atoms with Crippen molar-refractivity contribution in [2.45, 2.75) is 46.3 Å². The van der Waals surface area contributed by atoms with Gasteiger partial charge in [-0.1, -0.05) is 12.1 Å². The lowest BCUT2D eigenvalue weighted by Crippen LogP contribution is -2.34. The molecule has 1 heterocycles. The van der Waals surface area contributed by atoms with Gasteiger partial charge in [-0.2, -0.15) is 0 Å². The van der Waals surface area contributed by atoms with Crippen molar-refractivity contribution >= 4 is 6.09 Å². The van der Waals surface area contributed by atoms with Gasteiger partial charge in [0.15, 0.2) is 0 Å². The molecule has 0 aliphatic heterocycles. The molecule has 1 amide bonds. The number of rotatable bonds is 4. The molecule has 0 aliphatic carbocycles. The van der Waals surface area contributed by atoms with Crippen molar-refractivity contribution in [3.8, 4) is 11.5 Å². The van der Waals surface area contributed by atoms with Gasteiger partial charge in [0.2, 0.25) is 0 Å². The standard InChI is InChI=1S/C19H24N2O3/c1-13-9-10-17(12-20-13)23-16-8-6-7-15(11-16)14(2)21-18(22)24-19(3,4)5/h6-12,14H,1-5H3,(H,21,22). The number of aryl methyl sites for hydroxylation is 1.